The molecule has 1 aliphatic heterocycles. The molecule has 5 nitrogen and oxygen atoms in total. The van der Waals surface area contributed by atoms with Crippen LogP contribution in [-0.4, -0.2) is 33.3 Å². The Labute approximate surface area is 111 Å². The fraction of sp³-hybridized carbons (Fsp3) is 0.583. The zero-order chi connectivity index (χ0) is 13.3. The van der Waals surface area contributed by atoms with Crippen LogP contribution in [0.25, 0.3) is 0 Å². The first-order valence-electron chi connectivity index (χ1n) is 5.84. The van der Waals surface area contributed by atoms with E-state index in [1.807, 2.05) is 20.8 Å². The van der Waals surface area contributed by atoms with Crippen molar-refractivity contribution in [3.63, 3.8) is 0 Å². The van der Waals surface area contributed by atoms with Gasteiger partial charge in [0.15, 0.2) is 5.15 Å². The van der Waals surface area contributed by atoms with E-state index >= 15 is 0 Å². The Balaban J connectivity index is 2.09. The van der Waals surface area contributed by atoms with Crippen LogP contribution in [0, 0.1) is 0 Å². The van der Waals surface area contributed by atoms with Gasteiger partial charge >= 0.3 is 6.09 Å². The van der Waals surface area contributed by atoms with Gasteiger partial charge in [0.1, 0.15) is 5.60 Å². The second-order valence-corrected chi connectivity index (χ2v) is 5.68. The lowest BCUT2D eigenvalue weighted by Crippen LogP contribution is -2.40. The number of nitrogens with zero attached hydrogens (tertiary/aromatic N) is 3. The van der Waals surface area contributed by atoms with E-state index in [4.69, 9.17) is 16.3 Å². The van der Waals surface area contributed by atoms with E-state index in [9.17, 15) is 4.79 Å². The lowest BCUT2D eigenvalue weighted by atomic mass is 10.1. The number of halogens is 1. The molecule has 6 heteroatoms. The van der Waals surface area contributed by atoms with Crippen LogP contribution in [0.4, 0.5) is 4.79 Å². The SMILES string of the molecule is CC(C)(C)OC(=O)N1CCc2nnc(Cl)cc2C1. The molecule has 0 aromatic carbocycles. The van der Waals surface area contributed by atoms with Gasteiger partial charge in [0, 0.05) is 13.0 Å². The highest BCUT2D eigenvalue weighted by Crippen LogP contribution is 2.20. The lowest BCUT2D eigenvalue weighted by Gasteiger charge is -2.30. The van der Waals surface area contributed by atoms with E-state index in [0.29, 0.717) is 24.7 Å². The highest BCUT2D eigenvalue weighted by Gasteiger charge is 2.26. The molecule has 0 aliphatic carbocycles. The highest BCUT2D eigenvalue weighted by molar-refractivity contribution is 6.29. The third kappa shape index (κ3) is 3.10. The van der Waals surface area contributed by atoms with E-state index in [-0.39, 0.29) is 6.09 Å². The molecule has 0 unspecified atom stereocenters. The molecule has 0 radical (unpaired) electrons. The molecule has 0 fully saturated rings. The van der Waals surface area contributed by atoms with Crippen LogP contribution < -0.4 is 0 Å². The van der Waals surface area contributed by atoms with Crippen molar-refractivity contribution in [2.75, 3.05) is 6.54 Å². The highest BCUT2D eigenvalue weighted by atomic mass is 35.5. The average molecular weight is 270 g/mol. The van der Waals surface area contributed by atoms with Gasteiger partial charge in [0.25, 0.3) is 0 Å². The normalized spacial score (nSPS) is 15.2. The topological polar surface area (TPSA) is 55.3 Å². The van der Waals surface area contributed by atoms with E-state index in [2.05, 4.69) is 10.2 Å². The summed E-state index contributed by atoms with van der Waals surface area (Å²) in [7, 11) is 0. The molecule has 2 heterocycles. The molecule has 0 N–H and O–H groups in total. The van der Waals surface area contributed by atoms with Gasteiger partial charge in [-0.25, -0.2) is 4.79 Å². The minimum Gasteiger partial charge on any atom is -0.444 e. The summed E-state index contributed by atoms with van der Waals surface area (Å²) in [6, 6.07) is 1.75. The van der Waals surface area contributed by atoms with Crippen LogP contribution in [-0.2, 0) is 17.7 Å². The van der Waals surface area contributed by atoms with Crippen molar-refractivity contribution in [2.24, 2.45) is 0 Å². The van der Waals surface area contributed by atoms with Crippen molar-refractivity contribution in [1.29, 1.82) is 0 Å². The molecular weight excluding hydrogens is 254 g/mol. The fourth-order valence-corrected chi connectivity index (χ4v) is 1.95. The van der Waals surface area contributed by atoms with Crippen molar-refractivity contribution in [2.45, 2.75) is 39.3 Å². The molecule has 0 atom stereocenters. The van der Waals surface area contributed by atoms with Crippen molar-refractivity contribution in [3.05, 3.63) is 22.5 Å². The Morgan fingerprint density at radius 2 is 2.17 bits per heavy atom. The molecule has 1 aromatic heterocycles. The van der Waals surface area contributed by atoms with Gasteiger partial charge in [0.05, 0.1) is 12.2 Å². The number of ether oxygens (including phenoxy) is 1. The summed E-state index contributed by atoms with van der Waals surface area (Å²) in [5, 5.41) is 8.18. The molecule has 98 valence electrons. The Morgan fingerprint density at radius 3 is 2.83 bits per heavy atom. The van der Waals surface area contributed by atoms with Crippen LogP contribution in [0.5, 0.6) is 0 Å². The molecule has 2 rings (SSSR count). The minimum absolute atomic E-state index is 0.305. The predicted molar refractivity (Wildman–Crippen MR) is 67.4 cm³/mol. The molecule has 1 amide bonds. The number of fused-ring (bicyclic) bond motifs is 1. The molecule has 0 saturated carbocycles. The molecular formula is C12H16ClN3O2. The first-order valence-corrected chi connectivity index (χ1v) is 6.22. The standard InChI is InChI=1S/C12H16ClN3O2/c1-12(2,3)18-11(17)16-5-4-9-8(7-16)6-10(13)15-14-9/h6H,4-5,7H2,1-3H3. The maximum atomic E-state index is 11.9. The molecule has 1 aromatic rings. The summed E-state index contributed by atoms with van der Waals surface area (Å²) >= 11 is 5.80. The summed E-state index contributed by atoms with van der Waals surface area (Å²) in [5.74, 6) is 0. The molecule has 0 spiro atoms. The Bertz CT molecular complexity index is 471. The third-order valence-electron chi connectivity index (χ3n) is 2.56. The summed E-state index contributed by atoms with van der Waals surface area (Å²) in [4.78, 5) is 13.6. The molecule has 1 aliphatic rings. The monoisotopic (exact) mass is 269 g/mol. The number of carbonyl (C=O) groups is 1. The number of aromatic nitrogens is 2. The average Bonchev–Trinajstić information content (AvgIpc) is 2.25. The largest absolute Gasteiger partial charge is 0.444 e. The van der Waals surface area contributed by atoms with Gasteiger partial charge in [-0.1, -0.05) is 11.6 Å². The zero-order valence-electron chi connectivity index (χ0n) is 10.7. The Kier molecular flexibility index (Phi) is 3.43. The maximum absolute atomic E-state index is 11.9. The molecule has 0 bridgehead atoms. The van der Waals surface area contributed by atoms with Gasteiger partial charge in [-0.15, -0.1) is 5.10 Å². The van der Waals surface area contributed by atoms with Crippen LogP contribution in [0.15, 0.2) is 6.07 Å². The zero-order valence-corrected chi connectivity index (χ0v) is 11.5. The van der Waals surface area contributed by atoms with Gasteiger partial charge < -0.3 is 9.64 Å². The van der Waals surface area contributed by atoms with Crippen molar-refractivity contribution in [1.82, 2.24) is 15.1 Å². The lowest BCUT2D eigenvalue weighted by molar-refractivity contribution is 0.0222. The minimum atomic E-state index is -0.481. The molecule has 18 heavy (non-hydrogen) atoms. The van der Waals surface area contributed by atoms with Crippen molar-refractivity contribution in [3.8, 4) is 0 Å². The number of amides is 1. The second kappa shape index (κ2) is 4.72. The number of carbonyl (C=O) groups excluding carboxylic acids is 1. The fourth-order valence-electron chi connectivity index (χ4n) is 1.78. The maximum Gasteiger partial charge on any atom is 0.410 e. The van der Waals surface area contributed by atoms with Crippen molar-refractivity contribution >= 4 is 17.7 Å². The summed E-state index contributed by atoms with van der Waals surface area (Å²) < 4.78 is 5.34. The Hall–Kier alpha value is -1.36. The Morgan fingerprint density at radius 1 is 1.44 bits per heavy atom. The third-order valence-corrected chi connectivity index (χ3v) is 2.75. The van der Waals surface area contributed by atoms with Crippen LogP contribution in [0.3, 0.4) is 0 Å². The number of rotatable bonds is 0. The second-order valence-electron chi connectivity index (χ2n) is 5.29. The van der Waals surface area contributed by atoms with E-state index in [0.717, 1.165) is 11.3 Å². The van der Waals surface area contributed by atoms with Gasteiger partial charge in [-0.05, 0) is 32.4 Å². The first kappa shape index (κ1) is 13.1. The summed E-state index contributed by atoms with van der Waals surface area (Å²) in [6.07, 6.45) is 0.375. The van der Waals surface area contributed by atoms with Crippen LogP contribution >= 0.6 is 11.6 Å². The molecule has 0 saturated heterocycles. The van der Waals surface area contributed by atoms with Crippen LogP contribution in [0.1, 0.15) is 32.0 Å². The summed E-state index contributed by atoms with van der Waals surface area (Å²) in [6.45, 7) is 6.62. The smallest absolute Gasteiger partial charge is 0.410 e. The predicted octanol–water partition coefficient (Wildman–Crippen LogP) is 2.42. The van der Waals surface area contributed by atoms with Crippen molar-refractivity contribution < 1.29 is 9.53 Å². The van der Waals surface area contributed by atoms with Gasteiger partial charge in [-0.2, -0.15) is 5.10 Å². The van der Waals surface area contributed by atoms with Gasteiger partial charge in [-0.3, -0.25) is 0 Å². The quantitative estimate of drug-likeness (QED) is 0.726. The van der Waals surface area contributed by atoms with E-state index < -0.39 is 5.60 Å². The summed E-state index contributed by atoms with van der Waals surface area (Å²) in [5.41, 5.74) is 1.36. The number of hydrogen-bond acceptors (Lipinski definition) is 4. The first-order chi connectivity index (χ1) is 8.35. The number of hydrogen-bond donors (Lipinski definition) is 0. The van der Waals surface area contributed by atoms with E-state index in [1.54, 1.807) is 11.0 Å². The van der Waals surface area contributed by atoms with E-state index in [1.165, 1.54) is 0 Å². The van der Waals surface area contributed by atoms with Gasteiger partial charge in [0.2, 0.25) is 0 Å². The van der Waals surface area contributed by atoms with Crippen LogP contribution in [0.2, 0.25) is 5.15 Å².